The number of esters is 3. The maximum Gasteiger partial charge on any atom is 0.338 e. The molecule has 2 aromatic rings. The summed E-state index contributed by atoms with van der Waals surface area (Å²) in [6.07, 6.45) is -0.223. The fraction of sp³-hybridized carbons (Fsp3) is 0.444. The number of para-hydroxylation sites is 1. The molecule has 1 heterocycles. The van der Waals surface area contributed by atoms with Gasteiger partial charge in [-0.25, -0.2) is 9.18 Å². The van der Waals surface area contributed by atoms with Crippen LogP contribution in [0.5, 0.6) is 11.5 Å². The van der Waals surface area contributed by atoms with Gasteiger partial charge in [0.2, 0.25) is 0 Å². The van der Waals surface area contributed by atoms with Crippen LogP contribution in [-0.4, -0.2) is 35.7 Å². The first-order valence-electron chi connectivity index (χ1n) is 11.9. The number of carbonyl (C=O) groups is 3. The van der Waals surface area contributed by atoms with Crippen LogP contribution in [0.15, 0.2) is 48.5 Å². The molecule has 0 spiro atoms. The summed E-state index contributed by atoms with van der Waals surface area (Å²) in [6.45, 7) is 5.57. The van der Waals surface area contributed by atoms with Crippen molar-refractivity contribution in [3.63, 3.8) is 0 Å². The molecule has 5 rings (SSSR count). The molecule has 3 aliphatic rings. The molecular weight excluding hydrogens is 455 g/mol. The molecule has 8 heteroatoms. The van der Waals surface area contributed by atoms with Gasteiger partial charge in [-0.05, 0) is 57.0 Å². The van der Waals surface area contributed by atoms with Gasteiger partial charge in [0, 0.05) is 11.8 Å². The van der Waals surface area contributed by atoms with Crippen molar-refractivity contribution in [3.05, 3.63) is 59.9 Å². The van der Waals surface area contributed by atoms with Crippen molar-refractivity contribution in [2.75, 3.05) is 0 Å². The minimum Gasteiger partial charge on any atom is -0.485 e. The number of fused-ring (bicyclic) bond motifs is 1. The third-order valence-electron chi connectivity index (χ3n) is 7.43. The molecule has 3 fully saturated rings. The van der Waals surface area contributed by atoms with E-state index in [9.17, 15) is 18.8 Å². The third-order valence-corrected chi connectivity index (χ3v) is 7.43. The molecule has 7 nitrogen and oxygen atoms in total. The van der Waals surface area contributed by atoms with Gasteiger partial charge in [0.1, 0.15) is 23.6 Å². The molecule has 2 aromatic carbocycles. The molecule has 6 unspecified atom stereocenters. The van der Waals surface area contributed by atoms with E-state index < -0.39 is 59.3 Å². The van der Waals surface area contributed by atoms with E-state index in [1.807, 2.05) is 20.8 Å². The van der Waals surface area contributed by atoms with Gasteiger partial charge < -0.3 is 18.9 Å². The lowest BCUT2D eigenvalue weighted by Crippen LogP contribution is -2.44. The van der Waals surface area contributed by atoms with Crippen LogP contribution in [0.3, 0.4) is 0 Å². The van der Waals surface area contributed by atoms with Crippen molar-refractivity contribution in [3.8, 4) is 11.5 Å². The van der Waals surface area contributed by atoms with Crippen LogP contribution in [-0.2, 0) is 19.1 Å². The minimum atomic E-state index is -0.787. The van der Waals surface area contributed by atoms with Crippen LogP contribution < -0.4 is 9.47 Å². The summed E-state index contributed by atoms with van der Waals surface area (Å²) in [4.78, 5) is 38.7. The predicted octanol–water partition coefficient (Wildman–Crippen LogP) is 4.33. The standard InChI is InChI=1S/C27H27FO7/c1-4-27(2,3)35-19-12-14(10-11-18(19)28)24(29)33-22-16-13-17-21(26(31)34-23(17)22)20(16)25(30)32-15-8-6-5-7-9-15/h5-12,16-17,20-23H,4,13H2,1-3H3. The van der Waals surface area contributed by atoms with Crippen molar-refractivity contribution in [1.29, 1.82) is 0 Å². The van der Waals surface area contributed by atoms with E-state index in [2.05, 4.69) is 0 Å². The first-order chi connectivity index (χ1) is 16.7. The first-order valence-corrected chi connectivity index (χ1v) is 11.9. The monoisotopic (exact) mass is 482 g/mol. The normalized spacial score (nSPS) is 28.5. The number of carbonyl (C=O) groups excluding carboxylic acids is 3. The number of rotatable bonds is 7. The number of halogens is 1. The van der Waals surface area contributed by atoms with Gasteiger partial charge in [-0.15, -0.1) is 0 Å². The number of hydrogen-bond donors (Lipinski definition) is 0. The second kappa shape index (κ2) is 8.66. The number of benzene rings is 2. The molecule has 1 saturated heterocycles. The Hall–Kier alpha value is -3.42. The van der Waals surface area contributed by atoms with E-state index in [-0.39, 0.29) is 17.2 Å². The molecule has 1 aliphatic heterocycles. The Morgan fingerprint density at radius 1 is 1.11 bits per heavy atom. The minimum absolute atomic E-state index is 0.0454. The van der Waals surface area contributed by atoms with Crippen LogP contribution in [0, 0.1) is 29.5 Å². The molecule has 6 atom stereocenters. The molecule has 0 aromatic heterocycles. The lowest BCUT2D eigenvalue weighted by atomic mass is 9.78. The average molecular weight is 483 g/mol. The summed E-state index contributed by atoms with van der Waals surface area (Å²) in [6, 6.07) is 12.4. The van der Waals surface area contributed by atoms with Crippen LogP contribution in [0.1, 0.15) is 44.0 Å². The zero-order valence-corrected chi connectivity index (χ0v) is 19.7. The van der Waals surface area contributed by atoms with E-state index in [4.69, 9.17) is 18.9 Å². The number of hydrogen-bond acceptors (Lipinski definition) is 7. The lowest BCUT2D eigenvalue weighted by molar-refractivity contribution is -0.149. The lowest BCUT2D eigenvalue weighted by Gasteiger charge is -2.30. The van der Waals surface area contributed by atoms with Gasteiger partial charge in [0.25, 0.3) is 0 Å². The highest BCUT2D eigenvalue weighted by Gasteiger charge is 2.70. The molecule has 184 valence electrons. The summed E-state index contributed by atoms with van der Waals surface area (Å²) in [5, 5.41) is 0. The van der Waals surface area contributed by atoms with Crippen LogP contribution in [0.2, 0.25) is 0 Å². The fourth-order valence-corrected chi connectivity index (χ4v) is 5.41. The maximum atomic E-state index is 14.3. The molecular formula is C27H27FO7. The summed E-state index contributed by atoms with van der Waals surface area (Å²) in [7, 11) is 0. The Balaban J connectivity index is 1.35. The third kappa shape index (κ3) is 4.15. The molecule has 0 radical (unpaired) electrons. The Kier molecular flexibility index (Phi) is 5.77. The molecule has 2 aliphatic carbocycles. The molecule has 2 bridgehead atoms. The Labute approximate surface area is 202 Å². The smallest absolute Gasteiger partial charge is 0.338 e. The van der Waals surface area contributed by atoms with Crippen LogP contribution >= 0.6 is 0 Å². The van der Waals surface area contributed by atoms with Crippen molar-refractivity contribution in [2.45, 2.75) is 51.4 Å². The Bertz CT molecular complexity index is 1160. The van der Waals surface area contributed by atoms with Crippen molar-refractivity contribution in [1.82, 2.24) is 0 Å². The van der Waals surface area contributed by atoms with Gasteiger partial charge in [-0.2, -0.15) is 0 Å². The van der Waals surface area contributed by atoms with Gasteiger partial charge in [-0.1, -0.05) is 25.1 Å². The Morgan fingerprint density at radius 2 is 1.86 bits per heavy atom. The predicted molar refractivity (Wildman–Crippen MR) is 121 cm³/mol. The summed E-state index contributed by atoms with van der Waals surface area (Å²) >= 11 is 0. The van der Waals surface area contributed by atoms with Crippen LogP contribution in [0.25, 0.3) is 0 Å². The average Bonchev–Trinajstić information content (AvgIpc) is 3.45. The maximum absolute atomic E-state index is 14.3. The largest absolute Gasteiger partial charge is 0.485 e. The van der Waals surface area contributed by atoms with Crippen molar-refractivity contribution in [2.24, 2.45) is 23.7 Å². The van der Waals surface area contributed by atoms with Crippen LogP contribution in [0.4, 0.5) is 4.39 Å². The molecule has 35 heavy (non-hydrogen) atoms. The molecule has 0 amide bonds. The second-order valence-electron chi connectivity index (χ2n) is 9.98. The van der Waals surface area contributed by atoms with E-state index in [0.29, 0.717) is 18.6 Å². The van der Waals surface area contributed by atoms with Crippen molar-refractivity contribution < 1.29 is 37.7 Å². The highest BCUT2D eigenvalue weighted by molar-refractivity contribution is 5.91. The Morgan fingerprint density at radius 3 is 2.57 bits per heavy atom. The van der Waals surface area contributed by atoms with Crippen molar-refractivity contribution >= 4 is 17.9 Å². The van der Waals surface area contributed by atoms with Gasteiger partial charge >= 0.3 is 17.9 Å². The molecule has 0 N–H and O–H groups in total. The SMILES string of the molecule is CCC(C)(C)Oc1cc(C(=O)OC2C3CC4C2OC(=O)C4C3C(=O)Oc2ccccc2)ccc1F. The van der Waals surface area contributed by atoms with E-state index >= 15 is 0 Å². The first kappa shape index (κ1) is 23.3. The topological polar surface area (TPSA) is 88.1 Å². The highest BCUT2D eigenvalue weighted by atomic mass is 19.1. The quantitative estimate of drug-likeness (QED) is 0.429. The fourth-order valence-electron chi connectivity index (χ4n) is 5.41. The van der Waals surface area contributed by atoms with E-state index in [1.54, 1.807) is 30.3 Å². The highest BCUT2D eigenvalue weighted by Crippen LogP contribution is 2.59. The zero-order valence-electron chi connectivity index (χ0n) is 19.7. The molecule has 2 saturated carbocycles. The van der Waals surface area contributed by atoms with E-state index in [0.717, 1.165) is 6.07 Å². The zero-order chi connectivity index (χ0) is 24.9. The van der Waals surface area contributed by atoms with Gasteiger partial charge in [0.15, 0.2) is 11.6 Å². The summed E-state index contributed by atoms with van der Waals surface area (Å²) < 4.78 is 36.9. The second-order valence-corrected chi connectivity index (χ2v) is 9.98. The number of ether oxygens (including phenoxy) is 4. The van der Waals surface area contributed by atoms with E-state index in [1.165, 1.54) is 12.1 Å². The van der Waals surface area contributed by atoms with Gasteiger partial charge in [0.05, 0.1) is 17.4 Å². The summed E-state index contributed by atoms with van der Waals surface area (Å²) in [5.41, 5.74) is -0.506. The van der Waals surface area contributed by atoms with Gasteiger partial charge in [-0.3, -0.25) is 9.59 Å². The summed E-state index contributed by atoms with van der Waals surface area (Å²) in [5.74, 6) is -3.92.